The molecule has 0 bridgehead atoms. The van der Waals surface area contributed by atoms with Crippen LogP contribution in [-0.4, -0.2) is 50.4 Å². The first-order chi connectivity index (χ1) is 8.59. The number of carbonyl (C=O) groups excluding carboxylic acids is 1. The lowest BCUT2D eigenvalue weighted by Gasteiger charge is -2.23. The van der Waals surface area contributed by atoms with Gasteiger partial charge in [-0.3, -0.25) is 9.59 Å². The number of carboxylic acid groups (broad SMARTS) is 1. The van der Waals surface area contributed by atoms with Crippen LogP contribution in [0.15, 0.2) is 6.20 Å². The fraction of sp³-hybridized carbons (Fsp3) is 0.636. The van der Waals surface area contributed by atoms with Gasteiger partial charge in [-0.1, -0.05) is 13.3 Å². The summed E-state index contributed by atoms with van der Waals surface area (Å²) in [6.07, 6.45) is 3.23. The van der Waals surface area contributed by atoms with E-state index in [9.17, 15) is 14.7 Å². The van der Waals surface area contributed by atoms with Crippen molar-refractivity contribution in [3.8, 4) is 0 Å². The number of amides is 1. The Morgan fingerprint density at radius 1 is 1.61 bits per heavy atom. The molecule has 7 heteroatoms. The molecule has 1 saturated heterocycles. The highest BCUT2D eigenvalue weighted by Gasteiger charge is 2.45. The van der Waals surface area contributed by atoms with Gasteiger partial charge in [0.25, 0.3) is 5.91 Å². The van der Waals surface area contributed by atoms with Crippen LogP contribution in [0.3, 0.4) is 0 Å². The van der Waals surface area contributed by atoms with Gasteiger partial charge >= 0.3 is 5.97 Å². The van der Waals surface area contributed by atoms with Crippen LogP contribution in [-0.2, 0) is 4.79 Å². The molecule has 18 heavy (non-hydrogen) atoms. The summed E-state index contributed by atoms with van der Waals surface area (Å²) < 4.78 is 0. The second-order valence-corrected chi connectivity index (χ2v) is 4.67. The predicted molar refractivity (Wildman–Crippen MR) is 61.9 cm³/mol. The zero-order valence-electron chi connectivity index (χ0n) is 10.2. The van der Waals surface area contributed by atoms with Crippen molar-refractivity contribution in [3.63, 3.8) is 0 Å². The lowest BCUT2D eigenvalue weighted by molar-refractivity contribution is -0.148. The van der Waals surface area contributed by atoms with Crippen molar-refractivity contribution in [1.82, 2.24) is 20.3 Å². The Morgan fingerprint density at radius 3 is 2.94 bits per heavy atom. The topological polar surface area (TPSA) is 99.2 Å². The van der Waals surface area contributed by atoms with Gasteiger partial charge in [0, 0.05) is 13.1 Å². The largest absolute Gasteiger partial charge is 0.481 e. The summed E-state index contributed by atoms with van der Waals surface area (Å²) in [6, 6.07) is 0. The first kappa shape index (κ1) is 12.5. The van der Waals surface area contributed by atoms with Gasteiger partial charge in [0.2, 0.25) is 0 Å². The van der Waals surface area contributed by atoms with E-state index in [1.165, 1.54) is 6.20 Å². The molecule has 0 radical (unpaired) electrons. The van der Waals surface area contributed by atoms with Gasteiger partial charge in [-0.2, -0.15) is 15.4 Å². The van der Waals surface area contributed by atoms with Gasteiger partial charge in [-0.25, -0.2) is 0 Å². The molecule has 2 N–H and O–H groups in total. The quantitative estimate of drug-likeness (QED) is 0.814. The number of aliphatic carboxylic acids is 1. The molecule has 1 aliphatic rings. The molecular formula is C11H16N4O3. The highest BCUT2D eigenvalue weighted by Crippen LogP contribution is 2.35. The van der Waals surface area contributed by atoms with Gasteiger partial charge in [0.15, 0.2) is 5.69 Å². The number of H-pyrrole nitrogens is 1. The third kappa shape index (κ3) is 2.07. The van der Waals surface area contributed by atoms with Crippen LogP contribution in [0.4, 0.5) is 0 Å². The van der Waals surface area contributed by atoms with Crippen LogP contribution in [0.5, 0.6) is 0 Å². The summed E-state index contributed by atoms with van der Waals surface area (Å²) >= 11 is 0. The van der Waals surface area contributed by atoms with E-state index in [0.29, 0.717) is 19.4 Å². The number of rotatable bonds is 4. The Bertz CT molecular complexity index is 445. The van der Waals surface area contributed by atoms with Crippen molar-refractivity contribution >= 4 is 11.9 Å². The number of aromatic amines is 1. The molecule has 7 nitrogen and oxygen atoms in total. The second kappa shape index (κ2) is 4.75. The van der Waals surface area contributed by atoms with Gasteiger partial charge in [-0.15, -0.1) is 0 Å². The van der Waals surface area contributed by atoms with Crippen molar-refractivity contribution < 1.29 is 14.7 Å². The van der Waals surface area contributed by atoms with Gasteiger partial charge in [-0.05, 0) is 12.8 Å². The van der Waals surface area contributed by atoms with E-state index < -0.39 is 11.4 Å². The Labute approximate surface area is 104 Å². The predicted octanol–water partition coefficient (Wildman–Crippen LogP) is 0.522. The zero-order valence-corrected chi connectivity index (χ0v) is 10.2. The minimum Gasteiger partial charge on any atom is -0.481 e. The number of hydrogen-bond acceptors (Lipinski definition) is 4. The highest BCUT2D eigenvalue weighted by atomic mass is 16.4. The standard InChI is InChI=1S/C11H16N4O3/c1-2-3-11(10(17)18)4-5-15(7-11)9(16)8-6-12-14-13-8/h6H,2-5,7H2,1H3,(H,17,18)(H,12,13,14). The zero-order chi connectivity index (χ0) is 13.2. The molecular weight excluding hydrogens is 236 g/mol. The normalized spacial score (nSPS) is 23.3. The minimum atomic E-state index is -0.820. The molecule has 0 aromatic carbocycles. The minimum absolute atomic E-state index is 0.229. The van der Waals surface area contributed by atoms with E-state index in [4.69, 9.17) is 0 Å². The third-order valence-electron chi connectivity index (χ3n) is 3.46. The summed E-state index contributed by atoms with van der Waals surface area (Å²) in [4.78, 5) is 25.0. The Balaban J connectivity index is 2.11. The number of aromatic nitrogens is 3. The molecule has 98 valence electrons. The summed E-state index contributed by atoms with van der Waals surface area (Å²) in [5.41, 5.74) is -0.568. The van der Waals surface area contributed by atoms with Crippen molar-refractivity contribution in [2.24, 2.45) is 5.41 Å². The van der Waals surface area contributed by atoms with Crippen LogP contribution < -0.4 is 0 Å². The molecule has 2 rings (SSSR count). The number of carbonyl (C=O) groups is 2. The summed E-state index contributed by atoms with van der Waals surface area (Å²) in [6.45, 7) is 2.66. The molecule has 0 saturated carbocycles. The van der Waals surface area contributed by atoms with Crippen LogP contribution in [0.2, 0.25) is 0 Å². The Kier molecular flexibility index (Phi) is 3.31. The monoisotopic (exact) mass is 252 g/mol. The van der Waals surface area contributed by atoms with Crippen LogP contribution in [0, 0.1) is 5.41 Å². The first-order valence-electron chi connectivity index (χ1n) is 5.97. The van der Waals surface area contributed by atoms with E-state index in [1.54, 1.807) is 4.90 Å². The van der Waals surface area contributed by atoms with E-state index in [2.05, 4.69) is 15.4 Å². The van der Waals surface area contributed by atoms with Crippen LogP contribution >= 0.6 is 0 Å². The Morgan fingerprint density at radius 2 is 2.39 bits per heavy atom. The van der Waals surface area contributed by atoms with Gasteiger partial charge in [0.1, 0.15) is 0 Å². The maximum Gasteiger partial charge on any atom is 0.311 e. The number of nitrogens with one attached hydrogen (secondary N) is 1. The van der Waals surface area contributed by atoms with Crippen LogP contribution in [0.25, 0.3) is 0 Å². The maximum atomic E-state index is 12.0. The average molecular weight is 252 g/mol. The fourth-order valence-corrected chi connectivity index (χ4v) is 2.48. The number of nitrogens with zero attached hydrogens (tertiary/aromatic N) is 3. The number of carboxylic acids is 1. The average Bonchev–Trinajstić information content (AvgIpc) is 2.98. The molecule has 1 aliphatic heterocycles. The number of hydrogen-bond donors (Lipinski definition) is 2. The van der Waals surface area contributed by atoms with E-state index in [1.807, 2.05) is 6.92 Å². The van der Waals surface area contributed by atoms with Crippen molar-refractivity contribution in [2.75, 3.05) is 13.1 Å². The lowest BCUT2D eigenvalue weighted by atomic mass is 9.83. The summed E-state index contributed by atoms with van der Waals surface area (Å²) in [5.74, 6) is -1.08. The second-order valence-electron chi connectivity index (χ2n) is 4.67. The molecule has 1 amide bonds. The van der Waals surface area contributed by atoms with Gasteiger partial charge in [0.05, 0.1) is 11.6 Å². The SMILES string of the molecule is CCCC1(C(=O)O)CCN(C(=O)c2cn[nH]n2)C1. The fourth-order valence-electron chi connectivity index (χ4n) is 2.48. The molecule has 1 aromatic rings. The highest BCUT2D eigenvalue weighted by molar-refractivity contribution is 5.92. The Hall–Kier alpha value is -1.92. The smallest absolute Gasteiger partial charge is 0.311 e. The van der Waals surface area contributed by atoms with E-state index >= 15 is 0 Å². The summed E-state index contributed by atoms with van der Waals surface area (Å²) in [7, 11) is 0. The molecule has 2 heterocycles. The van der Waals surface area contributed by atoms with Crippen LogP contribution in [0.1, 0.15) is 36.7 Å². The first-order valence-corrected chi connectivity index (χ1v) is 5.97. The molecule has 1 unspecified atom stereocenters. The molecule has 1 fully saturated rings. The lowest BCUT2D eigenvalue weighted by Crippen LogP contribution is -2.37. The molecule has 0 spiro atoms. The molecule has 0 aliphatic carbocycles. The number of likely N-dealkylation sites (tertiary alicyclic amines) is 1. The maximum absolute atomic E-state index is 12.0. The van der Waals surface area contributed by atoms with E-state index in [0.717, 1.165) is 6.42 Å². The van der Waals surface area contributed by atoms with Crippen molar-refractivity contribution in [3.05, 3.63) is 11.9 Å². The molecule has 1 atom stereocenters. The van der Waals surface area contributed by atoms with Gasteiger partial charge < -0.3 is 10.0 Å². The van der Waals surface area contributed by atoms with Crippen molar-refractivity contribution in [1.29, 1.82) is 0 Å². The van der Waals surface area contributed by atoms with E-state index in [-0.39, 0.29) is 18.1 Å². The molecule has 1 aromatic heterocycles. The summed E-state index contributed by atoms with van der Waals surface area (Å²) in [5, 5.41) is 19.0. The third-order valence-corrected chi connectivity index (χ3v) is 3.46. The van der Waals surface area contributed by atoms with Crippen molar-refractivity contribution in [2.45, 2.75) is 26.2 Å².